The lowest BCUT2D eigenvalue weighted by atomic mass is 10.1. The summed E-state index contributed by atoms with van der Waals surface area (Å²) in [5, 5.41) is 2.97. The summed E-state index contributed by atoms with van der Waals surface area (Å²) in [6.45, 7) is 7.99. The number of likely N-dealkylation sites (N-methyl/N-ethyl adjacent to an activating group) is 1. The van der Waals surface area contributed by atoms with Crippen molar-refractivity contribution in [3.8, 4) is 0 Å². The molecule has 1 atom stereocenters. The van der Waals surface area contributed by atoms with Crippen LogP contribution in [0.1, 0.15) is 27.2 Å². The zero-order valence-electron chi connectivity index (χ0n) is 9.38. The van der Waals surface area contributed by atoms with Crippen LogP contribution in [0.25, 0.3) is 0 Å². The molecule has 0 aliphatic heterocycles. The number of hydrogen-bond donors (Lipinski definition) is 2. The van der Waals surface area contributed by atoms with Gasteiger partial charge >= 0.3 is 0 Å². The highest BCUT2D eigenvalue weighted by molar-refractivity contribution is 5.79. The van der Waals surface area contributed by atoms with Gasteiger partial charge in [-0.15, -0.1) is 0 Å². The number of amides is 1. The van der Waals surface area contributed by atoms with Crippen LogP contribution in [0.15, 0.2) is 0 Å². The van der Waals surface area contributed by atoms with Crippen LogP contribution in [0.5, 0.6) is 0 Å². The molecule has 4 heteroatoms. The van der Waals surface area contributed by atoms with Gasteiger partial charge in [0.15, 0.2) is 0 Å². The third-order valence-electron chi connectivity index (χ3n) is 1.92. The van der Waals surface area contributed by atoms with E-state index in [0.717, 1.165) is 13.0 Å². The van der Waals surface area contributed by atoms with Crippen molar-refractivity contribution in [2.24, 2.45) is 11.7 Å². The van der Waals surface area contributed by atoms with Crippen LogP contribution >= 0.6 is 0 Å². The van der Waals surface area contributed by atoms with Crippen molar-refractivity contribution in [2.45, 2.75) is 33.2 Å². The van der Waals surface area contributed by atoms with Gasteiger partial charge in [-0.25, -0.2) is 0 Å². The normalized spacial score (nSPS) is 13.1. The Morgan fingerprint density at radius 1 is 1.50 bits per heavy atom. The molecule has 0 aromatic rings. The Morgan fingerprint density at radius 2 is 2.14 bits per heavy atom. The second-order valence-electron chi connectivity index (χ2n) is 3.77. The van der Waals surface area contributed by atoms with Crippen molar-refractivity contribution in [2.75, 3.05) is 19.8 Å². The largest absolute Gasteiger partial charge is 0.379 e. The molecular weight excluding hydrogens is 180 g/mol. The minimum atomic E-state index is -0.354. The quantitative estimate of drug-likeness (QED) is 0.564. The van der Waals surface area contributed by atoms with Crippen LogP contribution in [0.3, 0.4) is 0 Å². The smallest absolute Gasteiger partial charge is 0.236 e. The van der Waals surface area contributed by atoms with Crippen LogP contribution in [-0.2, 0) is 9.53 Å². The van der Waals surface area contributed by atoms with E-state index in [2.05, 4.69) is 19.2 Å². The molecule has 14 heavy (non-hydrogen) atoms. The second kappa shape index (κ2) is 7.76. The Balaban J connectivity index is 3.56. The van der Waals surface area contributed by atoms with Crippen molar-refractivity contribution >= 4 is 5.91 Å². The number of nitrogens with two attached hydrogens (primary N) is 1. The van der Waals surface area contributed by atoms with E-state index in [9.17, 15) is 4.79 Å². The molecule has 1 unspecified atom stereocenters. The summed E-state index contributed by atoms with van der Waals surface area (Å²) in [4.78, 5) is 10.9. The number of ether oxygens (including phenoxy) is 1. The van der Waals surface area contributed by atoms with Crippen molar-refractivity contribution in [3.05, 3.63) is 0 Å². The zero-order valence-corrected chi connectivity index (χ0v) is 9.38. The topological polar surface area (TPSA) is 64.3 Å². The summed E-state index contributed by atoms with van der Waals surface area (Å²) in [6.07, 6.45) is 1.01. The maximum atomic E-state index is 10.9. The summed E-state index contributed by atoms with van der Waals surface area (Å²) >= 11 is 0. The van der Waals surface area contributed by atoms with Gasteiger partial charge in [0.2, 0.25) is 5.91 Å². The van der Waals surface area contributed by atoms with Crippen LogP contribution in [-0.4, -0.2) is 31.7 Å². The number of carbonyl (C=O) groups is 1. The molecule has 0 aliphatic carbocycles. The summed E-state index contributed by atoms with van der Waals surface area (Å²) in [5.41, 5.74) is 5.18. The predicted molar refractivity (Wildman–Crippen MR) is 56.9 cm³/mol. The fourth-order valence-corrected chi connectivity index (χ4v) is 1.01. The van der Waals surface area contributed by atoms with Gasteiger partial charge in [0.25, 0.3) is 0 Å². The van der Waals surface area contributed by atoms with Gasteiger partial charge in [-0.2, -0.15) is 0 Å². The average Bonchev–Trinajstić information content (AvgIpc) is 2.09. The molecule has 0 heterocycles. The second-order valence-corrected chi connectivity index (χ2v) is 3.77. The van der Waals surface area contributed by atoms with Crippen molar-refractivity contribution < 1.29 is 9.53 Å². The molecule has 84 valence electrons. The predicted octanol–water partition coefficient (Wildman–Crippen LogP) is 0.513. The Morgan fingerprint density at radius 3 is 2.57 bits per heavy atom. The van der Waals surface area contributed by atoms with Gasteiger partial charge in [-0.3, -0.25) is 4.79 Å². The van der Waals surface area contributed by atoms with E-state index in [4.69, 9.17) is 10.5 Å². The average molecular weight is 202 g/mol. The molecule has 0 spiro atoms. The Bertz CT molecular complexity index is 160. The highest BCUT2D eigenvalue weighted by Gasteiger charge is 2.13. The zero-order chi connectivity index (χ0) is 11.0. The molecular formula is C10H22N2O2. The maximum absolute atomic E-state index is 10.9. The Hall–Kier alpha value is -0.610. The first-order valence-electron chi connectivity index (χ1n) is 5.18. The lowest BCUT2D eigenvalue weighted by Crippen LogP contribution is -2.44. The highest BCUT2D eigenvalue weighted by Crippen LogP contribution is 1.99. The number of nitrogens with one attached hydrogen (secondary N) is 1. The van der Waals surface area contributed by atoms with Gasteiger partial charge in [-0.05, 0) is 18.9 Å². The van der Waals surface area contributed by atoms with Gasteiger partial charge in [-0.1, -0.05) is 20.8 Å². The lowest BCUT2D eigenvalue weighted by molar-refractivity contribution is -0.121. The minimum absolute atomic E-state index is 0.351. The molecule has 1 amide bonds. The molecule has 0 aromatic carbocycles. The molecule has 0 saturated heterocycles. The number of rotatable bonds is 8. The molecule has 0 bridgehead atoms. The van der Waals surface area contributed by atoms with E-state index >= 15 is 0 Å². The standard InChI is InChI=1S/C10H22N2O2/c1-4-12-9(10(11)13)7-14-6-5-8(2)3/h8-9,12H,4-7H2,1-3H3,(H2,11,13). The first-order valence-corrected chi connectivity index (χ1v) is 5.18. The molecule has 0 fully saturated rings. The van der Waals surface area contributed by atoms with Crippen molar-refractivity contribution in [1.82, 2.24) is 5.32 Å². The molecule has 0 aromatic heterocycles. The molecule has 0 rings (SSSR count). The van der Waals surface area contributed by atoms with Gasteiger partial charge in [0.1, 0.15) is 6.04 Å². The fourth-order valence-electron chi connectivity index (χ4n) is 1.01. The van der Waals surface area contributed by atoms with E-state index in [1.165, 1.54) is 0 Å². The van der Waals surface area contributed by atoms with Crippen LogP contribution in [0.2, 0.25) is 0 Å². The number of carbonyl (C=O) groups excluding carboxylic acids is 1. The van der Waals surface area contributed by atoms with E-state index < -0.39 is 0 Å². The third kappa shape index (κ3) is 6.86. The molecule has 0 radical (unpaired) electrons. The first-order chi connectivity index (χ1) is 6.57. The maximum Gasteiger partial charge on any atom is 0.236 e. The van der Waals surface area contributed by atoms with Gasteiger partial charge in [0.05, 0.1) is 6.61 Å². The highest BCUT2D eigenvalue weighted by atomic mass is 16.5. The van der Waals surface area contributed by atoms with Crippen LogP contribution in [0.4, 0.5) is 0 Å². The summed E-state index contributed by atoms with van der Waals surface area (Å²) in [6, 6.07) is -0.354. The summed E-state index contributed by atoms with van der Waals surface area (Å²) in [7, 11) is 0. The van der Waals surface area contributed by atoms with E-state index in [1.807, 2.05) is 6.92 Å². The van der Waals surface area contributed by atoms with Crippen LogP contribution in [0, 0.1) is 5.92 Å². The summed E-state index contributed by atoms with van der Waals surface area (Å²) in [5.74, 6) is 0.276. The van der Waals surface area contributed by atoms with E-state index in [0.29, 0.717) is 19.1 Å². The first kappa shape index (κ1) is 13.4. The van der Waals surface area contributed by atoms with Crippen molar-refractivity contribution in [1.29, 1.82) is 0 Å². The minimum Gasteiger partial charge on any atom is -0.379 e. The third-order valence-corrected chi connectivity index (χ3v) is 1.92. The summed E-state index contributed by atoms with van der Waals surface area (Å²) < 4.78 is 5.36. The molecule has 0 aliphatic rings. The molecule has 4 nitrogen and oxygen atoms in total. The van der Waals surface area contributed by atoms with Gasteiger partial charge in [0, 0.05) is 6.61 Å². The monoisotopic (exact) mass is 202 g/mol. The van der Waals surface area contributed by atoms with Gasteiger partial charge < -0.3 is 15.8 Å². The SMILES string of the molecule is CCNC(COCCC(C)C)C(N)=O. The number of hydrogen-bond acceptors (Lipinski definition) is 3. The molecule has 0 saturated carbocycles. The Labute approximate surface area is 86.2 Å². The van der Waals surface area contributed by atoms with Crippen LogP contribution < -0.4 is 11.1 Å². The Kier molecular flexibility index (Phi) is 7.42. The van der Waals surface area contributed by atoms with Crippen molar-refractivity contribution in [3.63, 3.8) is 0 Å². The number of primary amides is 1. The molecule has 3 N–H and O–H groups in total. The fraction of sp³-hybridized carbons (Fsp3) is 0.900. The lowest BCUT2D eigenvalue weighted by Gasteiger charge is -2.14. The van der Waals surface area contributed by atoms with E-state index in [-0.39, 0.29) is 11.9 Å². The van der Waals surface area contributed by atoms with E-state index in [1.54, 1.807) is 0 Å².